The molecule has 1 heterocycles. The lowest BCUT2D eigenvalue weighted by Crippen LogP contribution is -2.66. The predicted molar refractivity (Wildman–Crippen MR) is 107 cm³/mol. The van der Waals surface area contributed by atoms with Gasteiger partial charge in [-0.1, -0.05) is 17.7 Å². The van der Waals surface area contributed by atoms with Crippen molar-refractivity contribution in [3.8, 4) is 0 Å². The van der Waals surface area contributed by atoms with Gasteiger partial charge in [0.1, 0.15) is 6.54 Å². The van der Waals surface area contributed by atoms with Crippen LogP contribution in [0.1, 0.15) is 25.3 Å². The largest absolute Gasteiger partial charge is 0.379 e. The molecular weight excluding hydrogens is 374 g/mol. The quantitative estimate of drug-likeness (QED) is 0.785. The van der Waals surface area contributed by atoms with Gasteiger partial charge in [0.2, 0.25) is 11.8 Å². The third-order valence-corrected chi connectivity index (χ3v) is 5.87. The summed E-state index contributed by atoms with van der Waals surface area (Å²) in [4.78, 5) is 41.3. The Balaban J connectivity index is 1.80. The Bertz CT molecular complexity index is 766. The maximum atomic E-state index is 13.0. The van der Waals surface area contributed by atoms with Crippen LogP contribution in [0, 0.1) is 12.8 Å². The van der Waals surface area contributed by atoms with E-state index in [0.717, 1.165) is 5.56 Å². The maximum Gasteiger partial charge on any atom is 0.327 e. The van der Waals surface area contributed by atoms with E-state index in [2.05, 4.69) is 5.32 Å². The fraction of sp³-hybridized carbons (Fsp3) is 0.571. The second-order valence-electron chi connectivity index (χ2n) is 7.60. The van der Waals surface area contributed by atoms with Crippen molar-refractivity contribution in [3.05, 3.63) is 29.8 Å². The highest BCUT2D eigenvalue weighted by Crippen LogP contribution is 2.36. The number of imide groups is 1. The second-order valence-corrected chi connectivity index (χ2v) is 7.60. The Kier molecular flexibility index (Phi) is 6.54. The highest BCUT2D eigenvalue weighted by atomic mass is 16.5. The molecule has 0 aromatic heterocycles. The van der Waals surface area contributed by atoms with Crippen LogP contribution in [0.5, 0.6) is 0 Å². The number of methoxy groups -OCH3 is 2. The summed E-state index contributed by atoms with van der Waals surface area (Å²) < 4.78 is 11.1. The van der Waals surface area contributed by atoms with Gasteiger partial charge in [-0.3, -0.25) is 14.5 Å². The van der Waals surface area contributed by atoms with Crippen molar-refractivity contribution in [3.63, 3.8) is 0 Å². The minimum Gasteiger partial charge on any atom is -0.379 e. The Morgan fingerprint density at radius 1 is 1.10 bits per heavy atom. The molecule has 1 aromatic rings. The maximum absolute atomic E-state index is 13.0. The molecule has 4 amide bonds. The van der Waals surface area contributed by atoms with Crippen molar-refractivity contribution in [1.29, 1.82) is 0 Å². The molecule has 1 aromatic carbocycles. The Hall–Kier alpha value is -2.45. The number of nitrogens with zero attached hydrogens (tertiary/aromatic N) is 2. The lowest BCUT2D eigenvalue weighted by Gasteiger charge is -2.49. The van der Waals surface area contributed by atoms with Gasteiger partial charge in [0.25, 0.3) is 0 Å². The first-order valence-corrected chi connectivity index (χ1v) is 9.93. The smallest absolute Gasteiger partial charge is 0.327 e. The monoisotopic (exact) mass is 403 g/mol. The van der Waals surface area contributed by atoms with Crippen LogP contribution in [-0.2, 0) is 19.1 Å². The molecule has 29 heavy (non-hydrogen) atoms. The van der Waals surface area contributed by atoms with Crippen LogP contribution >= 0.6 is 0 Å². The van der Waals surface area contributed by atoms with Gasteiger partial charge in [-0.05, 0) is 38.8 Å². The number of fused-ring (bicyclic) bond motifs is 1. The first-order valence-electron chi connectivity index (χ1n) is 9.93. The van der Waals surface area contributed by atoms with E-state index in [1.807, 2.05) is 31.2 Å². The van der Waals surface area contributed by atoms with Crippen molar-refractivity contribution < 1.29 is 23.9 Å². The molecule has 0 bridgehead atoms. The molecule has 8 heteroatoms. The minimum absolute atomic E-state index is 0.119. The number of hydrogen-bond acceptors (Lipinski definition) is 5. The number of amides is 4. The molecule has 2 aliphatic rings. The number of ether oxygens (including phenoxy) is 2. The number of rotatable bonds is 6. The zero-order valence-electron chi connectivity index (χ0n) is 17.4. The normalized spacial score (nSPS) is 27.0. The summed E-state index contributed by atoms with van der Waals surface area (Å²) >= 11 is 0. The van der Waals surface area contributed by atoms with Gasteiger partial charge < -0.3 is 19.7 Å². The Morgan fingerprint density at radius 2 is 1.72 bits per heavy atom. The van der Waals surface area contributed by atoms with Crippen molar-refractivity contribution >= 4 is 23.5 Å². The van der Waals surface area contributed by atoms with Crippen LogP contribution < -0.4 is 5.32 Å². The summed E-state index contributed by atoms with van der Waals surface area (Å²) in [6, 6.07) is 6.64. The number of carbonyl (C=O) groups is 3. The number of benzene rings is 1. The third-order valence-electron chi connectivity index (χ3n) is 5.87. The van der Waals surface area contributed by atoms with Crippen LogP contribution in [0.4, 0.5) is 10.5 Å². The van der Waals surface area contributed by atoms with E-state index in [-0.39, 0.29) is 37.1 Å². The molecule has 4 atom stereocenters. The van der Waals surface area contributed by atoms with Gasteiger partial charge in [0, 0.05) is 32.5 Å². The van der Waals surface area contributed by atoms with E-state index in [9.17, 15) is 14.4 Å². The molecule has 158 valence electrons. The fourth-order valence-electron chi connectivity index (χ4n) is 4.28. The summed E-state index contributed by atoms with van der Waals surface area (Å²) in [6.45, 7) is 3.88. The molecule has 1 aliphatic carbocycles. The average molecular weight is 403 g/mol. The molecule has 1 saturated heterocycles. The summed E-state index contributed by atoms with van der Waals surface area (Å²) in [5.74, 6) is -0.903. The van der Waals surface area contributed by atoms with E-state index in [4.69, 9.17) is 9.47 Å². The van der Waals surface area contributed by atoms with Gasteiger partial charge in [0.05, 0.1) is 18.1 Å². The molecule has 1 saturated carbocycles. The van der Waals surface area contributed by atoms with Crippen LogP contribution in [0.2, 0.25) is 0 Å². The minimum atomic E-state index is -0.427. The lowest BCUT2D eigenvalue weighted by molar-refractivity contribution is -0.152. The number of aryl methyl sites for hydroxylation is 1. The molecule has 2 fully saturated rings. The first-order chi connectivity index (χ1) is 13.9. The summed E-state index contributed by atoms with van der Waals surface area (Å²) in [5, 5.41) is 2.83. The van der Waals surface area contributed by atoms with E-state index >= 15 is 0 Å². The number of hydrogen-bond donors (Lipinski definition) is 1. The Labute approximate surface area is 171 Å². The molecule has 1 aliphatic heterocycles. The summed E-state index contributed by atoms with van der Waals surface area (Å²) in [5.41, 5.74) is 1.76. The van der Waals surface area contributed by atoms with Gasteiger partial charge in [-0.2, -0.15) is 0 Å². The second kappa shape index (κ2) is 8.92. The number of anilines is 1. The number of nitrogens with one attached hydrogen (secondary N) is 1. The van der Waals surface area contributed by atoms with Gasteiger partial charge in [-0.15, -0.1) is 0 Å². The third kappa shape index (κ3) is 4.28. The summed E-state index contributed by atoms with van der Waals surface area (Å²) in [6.07, 6.45) is 0.447. The van der Waals surface area contributed by atoms with Gasteiger partial charge in [0.15, 0.2) is 0 Å². The molecule has 3 rings (SSSR count). The standard InChI is InChI=1S/C21H29N3O5/c1-5-23-20(26)15-10-17(28-3)18(29-4)11-16(15)24(21(23)27)12-19(25)22-14-8-6-13(2)7-9-14/h6-9,15-18H,5,10-12H2,1-4H3,(H,22,25). The SMILES string of the molecule is CCN1C(=O)C2CC(OC)C(OC)CC2N(CC(=O)Nc2ccc(C)cc2)C1=O. The van der Waals surface area contributed by atoms with Crippen LogP contribution in [0.15, 0.2) is 24.3 Å². The molecule has 0 spiro atoms. The molecule has 1 N–H and O–H groups in total. The van der Waals surface area contributed by atoms with Crippen LogP contribution in [-0.4, -0.2) is 73.2 Å². The molecule has 0 radical (unpaired) electrons. The van der Waals surface area contributed by atoms with Crippen LogP contribution in [0.25, 0.3) is 0 Å². The van der Waals surface area contributed by atoms with Crippen LogP contribution in [0.3, 0.4) is 0 Å². The van der Waals surface area contributed by atoms with Gasteiger partial charge in [-0.25, -0.2) is 4.79 Å². The molecular formula is C21H29N3O5. The zero-order chi connectivity index (χ0) is 21.1. The summed E-state index contributed by atoms with van der Waals surface area (Å²) in [7, 11) is 3.19. The first kappa shape index (κ1) is 21.3. The average Bonchev–Trinajstić information content (AvgIpc) is 2.72. The topological polar surface area (TPSA) is 88.2 Å². The van der Waals surface area contributed by atoms with Crippen molar-refractivity contribution in [1.82, 2.24) is 9.80 Å². The van der Waals surface area contributed by atoms with E-state index in [1.165, 1.54) is 9.80 Å². The van der Waals surface area contributed by atoms with Crippen molar-refractivity contribution in [2.24, 2.45) is 5.92 Å². The highest BCUT2D eigenvalue weighted by Gasteiger charge is 2.51. The van der Waals surface area contributed by atoms with Crippen molar-refractivity contribution in [2.75, 3.05) is 32.6 Å². The Morgan fingerprint density at radius 3 is 2.31 bits per heavy atom. The number of urea groups is 1. The van der Waals surface area contributed by atoms with Gasteiger partial charge >= 0.3 is 6.03 Å². The zero-order valence-corrected chi connectivity index (χ0v) is 17.4. The van der Waals surface area contributed by atoms with Crippen molar-refractivity contribution in [2.45, 2.75) is 44.9 Å². The van der Waals surface area contributed by atoms with E-state index < -0.39 is 18.0 Å². The van der Waals surface area contributed by atoms with E-state index in [1.54, 1.807) is 21.1 Å². The predicted octanol–water partition coefficient (Wildman–Crippen LogP) is 2.03. The molecule has 4 unspecified atom stereocenters. The lowest BCUT2D eigenvalue weighted by atomic mass is 9.78. The highest BCUT2D eigenvalue weighted by molar-refractivity contribution is 6.01. The number of carbonyl (C=O) groups excluding carboxylic acids is 3. The van der Waals surface area contributed by atoms with E-state index in [0.29, 0.717) is 18.5 Å². The molecule has 8 nitrogen and oxygen atoms in total. The fourth-order valence-corrected chi connectivity index (χ4v) is 4.28.